The summed E-state index contributed by atoms with van der Waals surface area (Å²) in [5.41, 5.74) is 5.46. The highest BCUT2D eigenvalue weighted by Gasteiger charge is 2.51. The van der Waals surface area contributed by atoms with E-state index in [-0.39, 0.29) is 23.7 Å². The fraction of sp³-hybridized carbons (Fsp3) is 0.800. The first-order chi connectivity index (χ1) is 7.19. The fourth-order valence-electron chi connectivity index (χ4n) is 2.57. The van der Waals surface area contributed by atoms with Crippen LogP contribution in [-0.2, 0) is 9.59 Å². The third kappa shape index (κ3) is 1.55. The van der Waals surface area contributed by atoms with Gasteiger partial charge < -0.3 is 10.6 Å². The summed E-state index contributed by atoms with van der Waals surface area (Å²) in [6.45, 7) is 5.10. The van der Waals surface area contributed by atoms with Gasteiger partial charge in [0.1, 0.15) is 0 Å². The zero-order valence-electron chi connectivity index (χ0n) is 8.98. The van der Waals surface area contributed by atoms with E-state index in [1.54, 1.807) is 0 Å². The second-order valence-corrected chi connectivity index (χ2v) is 4.18. The Kier molecular flexibility index (Phi) is 2.75. The SMILES string of the molecule is CCN1C(=O)[C@@H]2CN(CCN)C[C@H]2C1=O. The van der Waals surface area contributed by atoms with E-state index in [1.807, 2.05) is 6.92 Å². The molecule has 2 aliphatic heterocycles. The van der Waals surface area contributed by atoms with E-state index in [0.717, 1.165) is 6.54 Å². The standard InChI is InChI=1S/C10H17N3O2/c1-2-13-9(14)7-5-12(4-3-11)6-8(7)10(13)15/h7-8H,2-6,11H2,1H3/t7-,8-/m1/s1. The lowest BCUT2D eigenvalue weighted by atomic mass is 10.00. The van der Waals surface area contributed by atoms with Crippen LogP contribution >= 0.6 is 0 Å². The third-order valence-electron chi connectivity index (χ3n) is 3.32. The molecule has 2 atom stereocenters. The number of likely N-dealkylation sites (tertiary alicyclic amines) is 2. The minimum absolute atomic E-state index is 0.00650. The predicted molar refractivity (Wildman–Crippen MR) is 54.9 cm³/mol. The van der Waals surface area contributed by atoms with Gasteiger partial charge in [0.15, 0.2) is 0 Å². The maximum atomic E-state index is 11.8. The second kappa shape index (κ2) is 3.90. The highest BCUT2D eigenvalue weighted by atomic mass is 16.2. The van der Waals surface area contributed by atoms with Crippen molar-refractivity contribution in [3.05, 3.63) is 0 Å². The van der Waals surface area contributed by atoms with Crippen LogP contribution in [0.25, 0.3) is 0 Å². The van der Waals surface area contributed by atoms with Crippen LogP contribution in [0.4, 0.5) is 0 Å². The molecule has 2 heterocycles. The third-order valence-corrected chi connectivity index (χ3v) is 3.32. The Morgan fingerprint density at radius 3 is 2.20 bits per heavy atom. The van der Waals surface area contributed by atoms with Gasteiger partial charge in [0, 0.05) is 32.7 Å². The van der Waals surface area contributed by atoms with Gasteiger partial charge in [0.25, 0.3) is 0 Å². The molecule has 15 heavy (non-hydrogen) atoms. The molecule has 2 N–H and O–H groups in total. The lowest BCUT2D eigenvalue weighted by Gasteiger charge is -2.18. The van der Waals surface area contributed by atoms with Crippen molar-refractivity contribution in [2.75, 3.05) is 32.7 Å². The van der Waals surface area contributed by atoms with Crippen LogP contribution in [-0.4, -0.2) is 54.3 Å². The molecule has 84 valence electrons. The number of nitrogens with zero attached hydrogens (tertiary/aromatic N) is 2. The number of nitrogens with two attached hydrogens (primary N) is 1. The van der Waals surface area contributed by atoms with Gasteiger partial charge in [0.2, 0.25) is 11.8 Å². The van der Waals surface area contributed by atoms with Gasteiger partial charge in [-0.2, -0.15) is 0 Å². The van der Waals surface area contributed by atoms with Crippen LogP contribution in [0.15, 0.2) is 0 Å². The molecule has 0 aromatic carbocycles. The summed E-state index contributed by atoms with van der Waals surface area (Å²) < 4.78 is 0. The molecule has 0 unspecified atom stereocenters. The van der Waals surface area contributed by atoms with Crippen molar-refractivity contribution in [2.45, 2.75) is 6.92 Å². The highest BCUT2D eigenvalue weighted by molar-refractivity contribution is 6.05. The van der Waals surface area contributed by atoms with Crippen molar-refractivity contribution in [1.29, 1.82) is 0 Å². The monoisotopic (exact) mass is 211 g/mol. The van der Waals surface area contributed by atoms with E-state index < -0.39 is 0 Å². The largest absolute Gasteiger partial charge is 0.329 e. The maximum Gasteiger partial charge on any atom is 0.234 e. The van der Waals surface area contributed by atoms with E-state index in [1.165, 1.54) is 4.90 Å². The van der Waals surface area contributed by atoms with Gasteiger partial charge in [-0.3, -0.25) is 14.5 Å². The normalized spacial score (nSPS) is 31.5. The van der Waals surface area contributed by atoms with Crippen LogP contribution in [0.3, 0.4) is 0 Å². The smallest absolute Gasteiger partial charge is 0.234 e. The van der Waals surface area contributed by atoms with Crippen molar-refractivity contribution in [2.24, 2.45) is 17.6 Å². The predicted octanol–water partition coefficient (Wildman–Crippen LogP) is -1.12. The first-order valence-corrected chi connectivity index (χ1v) is 5.46. The van der Waals surface area contributed by atoms with Crippen molar-refractivity contribution in [1.82, 2.24) is 9.80 Å². The number of carbonyl (C=O) groups excluding carboxylic acids is 2. The number of imide groups is 1. The molecule has 0 radical (unpaired) electrons. The van der Waals surface area contributed by atoms with Gasteiger partial charge >= 0.3 is 0 Å². The van der Waals surface area contributed by atoms with Gasteiger partial charge in [-0.05, 0) is 6.92 Å². The van der Waals surface area contributed by atoms with Gasteiger partial charge in [-0.1, -0.05) is 0 Å². The Labute approximate surface area is 89.2 Å². The van der Waals surface area contributed by atoms with E-state index >= 15 is 0 Å². The minimum Gasteiger partial charge on any atom is -0.329 e. The maximum absolute atomic E-state index is 11.8. The fourth-order valence-corrected chi connectivity index (χ4v) is 2.57. The number of hydrogen-bond donors (Lipinski definition) is 1. The number of rotatable bonds is 3. The molecule has 5 nitrogen and oxygen atoms in total. The van der Waals surface area contributed by atoms with Crippen molar-refractivity contribution in [3.63, 3.8) is 0 Å². The Hall–Kier alpha value is -0.940. The van der Waals surface area contributed by atoms with Crippen LogP contribution in [0, 0.1) is 11.8 Å². The number of amides is 2. The molecule has 0 bridgehead atoms. The molecule has 2 fully saturated rings. The number of fused-ring (bicyclic) bond motifs is 1. The average molecular weight is 211 g/mol. The Balaban J connectivity index is 2.08. The molecule has 2 saturated heterocycles. The van der Waals surface area contributed by atoms with E-state index in [4.69, 9.17) is 5.73 Å². The highest BCUT2D eigenvalue weighted by Crippen LogP contribution is 2.32. The molecule has 2 rings (SSSR count). The Bertz CT molecular complexity index is 268. The summed E-state index contributed by atoms with van der Waals surface area (Å²) in [4.78, 5) is 27.1. The van der Waals surface area contributed by atoms with E-state index in [0.29, 0.717) is 26.2 Å². The topological polar surface area (TPSA) is 66.6 Å². The molecule has 2 amide bonds. The minimum atomic E-state index is -0.107. The van der Waals surface area contributed by atoms with Gasteiger partial charge in [-0.25, -0.2) is 0 Å². The van der Waals surface area contributed by atoms with Crippen LogP contribution < -0.4 is 5.73 Å². The summed E-state index contributed by atoms with van der Waals surface area (Å²) in [6.07, 6.45) is 0. The summed E-state index contributed by atoms with van der Waals surface area (Å²) >= 11 is 0. The average Bonchev–Trinajstić information content (AvgIpc) is 2.70. The lowest BCUT2D eigenvalue weighted by Crippen LogP contribution is -2.37. The zero-order valence-corrected chi connectivity index (χ0v) is 8.98. The van der Waals surface area contributed by atoms with E-state index in [9.17, 15) is 9.59 Å². The number of hydrogen-bond acceptors (Lipinski definition) is 4. The zero-order chi connectivity index (χ0) is 11.0. The molecular weight excluding hydrogens is 194 g/mol. The van der Waals surface area contributed by atoms with Crippen molar-refractivity contribution >= 4 is 11.8 Å². The molecule has 0 saturated carbocycles. The Morgan fingerprint density at radius 1 is 1.27 bits per heavy atom. The van der Waals surface area contributed by atoms with Crippen LogP contribution in [0.1, 0.15) is 6.92 Å². The van der Waals surface area contributed by atoms with Crippen molar-refractivity contribution < 1.29 is 9.59 Å². The summed E-state index contributed by atoms with van der Waals surface area (Å²) in [5, 5.41) is 0. The summed E-state index contributed by atoms with van der Waals surface area (Å²) in [5.74, 6) is -0.202. The summed E-state index contributed by atoms with van der Waals surface area (Å²) in [7, 11) is 0. The number of carbonyl (C=O) groups is 2. The summed E-state index contributed by atoms with van der Waals surface area (Å²) in [6, 6.07) is 0. The van der Waals surface area contributed by atoms with Gasteiger partial charge in [0.05, 0.1) is 11.8 Å². The van der Waals surface area contributed by atoms with Crippen LogP contribution in [0.2, 0.25) is 0 Å². The first-order valence-electron chi connectivity index (χ1n) is 5.46. The lowest BCUT2D eigenvalue weighted by molar-refractivity contribution is -0.140. The first kappa shape index (κ1) is 10.6. The van der Waals surface area contributed by atoms with Gasteiger partial charge in [-0.15, -0.1) is 0 Å². The second-order valence-electron chi connectivity index (χ2n) is 4.18. The van der Waals surface area contributed by atoms with Crippen LogP contribution in [0.5, 0.6) is 0 Å². The quantitative estimate of drug-likeness (QED) is 0.601. The molecule has 0 aliphatic carbocycles. The molecular formula is C10H17N3O2. The Morgan fingerprint density at radius 2 is 1.80 bits per heavy atom. The molecule has 0 aromatic rings. The molecule has 2 aliphatic rings. The molecule has 0 spiro atoms. The van der Waals surface area contributed by atoms with Crippen molar-refractivity contribution in [3.8, 4) is 0 Å². The van der Waals surface area contributed by atoms with E-state index in [2.05, 4.69) is 4.90 Å². The molecule has 0 aromatic heterocycles. The molecule has 5 heteroatoms.